The molecule has 3 atom stereocenters. The van der Waals surface area contributed by atoms with Gasteiger partial charge in [0.05, 0.1) is 39.9 Å². The number of quaternary nitrogens is 1. The molecular formula is C62H118N2O6P+. The van der Waals surface area contributed by atoms with Crippen LogP contribution in [0.1, 0.15) is 277 Å². The Labute approximate surface area is 441 Å². The number of unbranched alkanes of at least 4 members (excludes halogenated alkanes) is 34. The summed E-state index contributed by atoms with van der Waals surface area (Å²) in [6.45, 7) is 4.78. The zero-order valence-corrected chi connectivity index (χ0v) is 48.4. The molecule has 0 aliphatic rings. The van der Waals surface area contributed by atoms with Crippen LogP contribution in [0, 0.1) is 0 Å². The van der Waals surface area contributed by atoms with Crippen LogP contribution in [0.5, 0.6) is 0 Å². The predicted octanol–water partition coefficient (Wildman–Crippen LogP) is 18.5. The van der Waals surface area contributed by atoms with Crippen molar-refractivity contribution in [3.63, 3.8) is 0 Å². The van der Waals surface area contributed by atoms with Gasteiger partial charge < -0.3 is 19.8 Å². The summed E-state index contributed by atoms with van der Waals surface area (Å²) < 4.78 is 23.6. The number of carbonyl (C=O) groups is 1. The van der Waals surface area contributed by atoms with Crippen molar-refractivity contribution in [1.82, 2.24) is 5.32 Å². The molecule has 0 bridgehead atoms. The molecule has 8 nitrogen and oxygen atoms in total. The van der Waals surface area contributed by atoms with Crippen LogP contribution in [-0.4, -0.2) is 73.4 Å². The number of hydrogen-bond donors (Lipinski definition) is 3. The van der Waals surface area contributed by atoms with E-state index < -0.39 is 20.0 Å². The van der Waals surface area contributed by atoms with Gasteiger partial charge in [0.15, 0.2) is 0 Å². The van der Waals surface area contributed by atoms with Crippen LogP contribution in [0.15, 0.2) is 60.8 Å². The second-order valence-electron chi connectivity index (χ2n) is 21.7. The number of aliphatic hydroxyl groups is 1. The fourth-order valence-corrected chi connectivity index (χ4v) is 9.45. The molecule has 0 aromatic carbocycles. The van der Waals surface area contributed by atoms with Gasteiger partial charge in [-0.15, -0.1) is 0 Å². The molecule has 0 aromatic heterocycles. The summed E-state index contributed by atoms with van der Waals surface area (Å²) in [6, 6.07) is -0.862. The van der Waals surface area contributed by atoms with Crippen LogP contribution in [0.4, 0.5) is 0 Å². The second kappa shape index (κ2) is 53.0. The van der Waals surface area contributed by atoms with Gasteiger partial charge in [-0.25, -0.2) is 4.57 Å². The lowest BCUT2D eigenvalue weighted by Gasteiger charge is -2.25. The molecule has 0 fully saturated rings. The van der Waals surface area contributed by atoms with E-state index in [1.807, 2.05) is 27.2 Å². The first-order chi connectivity index (χ1) is 34.5. The predicted molar refractivity (Wildman–Crippen MR) is 309 cm³/mol. The molecular weight excluding hydrogens is 900 g/mol. The molecule has 9 heteroatoms. The molecule has 0 heterocycles. The van der Waals surface area contributed by atoms with Gasteiger partial charge in [-0.1, -0.05) is 261 Å². The Kier molecular flexibility index (Phi) is 51.7. The van der Waals surface area contributed by atoms with Crippen molar-refractivity contribution in [2.24, 2.45) is 0 Å². The summed E-state index contributed by atoms with van der Waals surface area (Å²) in [5, 5.41) is 13.9. The molecule has 0 aromatic rings. The van der Waals surface area contributed by atoms with Crippen molar-refractivity contribution >= 4 is 13.7 Å². The van der Waals surface area contributed by atoms with E-state index in [0.29, 0.717) is 17.4 Å². The maximum atomic E-state index is 12.9. The highest BCUT2D eigenvalue weighted by Gasteiger charge is 2.27. The van der Waals surface area contributed by atoms with Crippen LogP contribution in [-0.2, 0) is 18.4 Å². The van der Waals surface area contributed by atoms with E-state index >= 15 is 0 Å². The van der Waals surface area contributed by atoms with Crippen LogP contribution < -0.4 is 5.32 Å². The van der Waals surface area contributed by atoms with Gasteiger partial charge >= 0.3 is 7.82 Å². The summed E-state index contributed by atoms with van der Waals surface area (Å²) in [7, 11) is 1.56. The minimum atomic E-state index is -4.35. The minimum absolute atomic E-state index is 0.0562. The lowest BCUT2D eigenvalue weighted by molar-refractivity contribution is -0.870. The monoisotopic (exact) mass is 1020 g/mol. The zero-order valence-electron chi connectivity index (χ0n) is 47.5. The van der Waals surface area contributed by atoms with Crippen LogP contribution >= 0.6 is 7.82 Å². The third-order valence-corrected chi connectivity index (χ3v) is 14.4. The molecule has 0 aliphatic carbocycles. The SMILES string of the molecule is CCCCCCC/C=C\C/C=C\C/C=C\CCCCCCCCCCCCCCCCCCCCCCCCC(=O)NC(COP(=O)(O)OCC[N+](C)(C)C)C(O)/C=C/CC/C=C/CCCCCCCC. The number of phosphoric acid groups is 1. The molecule has 0 radical (unpaired) electrons. The van der Waals surface area contributed by atoms with Crippen molar-refractivity contribution in [3.8, 4) is 0 Å². The van der Waals surface area contributed by atoms with Crippen molar-refractivity contribution < 1.29 is 32.9 Å². The zero-order chi connectivity index (χ0) is 52.0. The Hall–Kier alpha value is -1.80. The molecule has 0 saturated carbocycles. The number of hydrogen-bond acceptors (Lipinski definition) is 5. The Morgan fingerprint density at radius 2 is 0.817 bits per heavy atom. The largest absolute Gasteiger partial charge is 0.472 e. The van der Waals surface area contributed by atoms with Crippen molar-refractivity contribution in [1.29, 1.82) is 0 Å². The molecule has 0 spiro atoms. The summed E-state index contributed by atoms with van der Waals surface area (Å²) in [4.78, 5) is 23.2. The fourth-order valence-electron chi connectivity index (χ4n) is 8.71. The lowest BCUT2D eigenvalue weighted by Crippen LogP contribution is -2.45. The third kappa shape index (κ3) is 55.8. The number of nitrogens with one attached hydrogen (secondary N) is 1. The Balaban J connectivity index is 3.93. The lowest BCUT2D eigenvalue weighted by atomic mass is 10.0. The molecule has 71 heavy (non-hydrogen) atoms. The van der Waals surface area contributed by atoms with Crippen molar-refractivity contribution in [2.75, 3.05) is 40.9 Å². The van der Waals surface area contributed by atoms with Crippen LogP contribution in [0.3, 0.4) is 0 Å². The standard InChI is InChI=1S/C62H117N2O6P/c1-6-8-10-12-14-16-18-20-21-22-23-24-25-26-27-28-29-30-31-32-33-34-35-36-37-38-39-40-41-42-43-44-46-48-50-52-54-56-62(66)63-60(59-70-71(67,68)69-58-57-64(3,4)5)61(65)55-53-51-49-47-45-19-17-15-13-11-9-7-2/h18,20,22-23,25-26,45,47,53,55,60-61,65H,6-17,19,21,24,27-44,46,48-52,54,56-59H2,1-5H3,(H-,63,66,67,68)/p+1/b20-18-,23-22-,26-25-,47-45+,55-53+. The summed E-state index contributed by atoms with van der Waals surface area (Å²) in [6.07, 6.45) is 72.1. The highest BCUT2D eigenvalue weighted by atomic mass is 31.2. The number of allylic oxidation sites excluding steroid dienone is 9. The molecule has 0 saturated heterocycles. The van der Waals surface area contributed by atoms with Crippen molar-refractivity contribution in [2.45, 2.75) is 289 Å². The van der Waals surface area contributed by atoms with E-state index in [0.717, 1.165) is 51.4 Å². The van der Waals surface area contributed by atoms with E-state index in [9.17, 15) is 19.4 Å². The summed E-state index contributed by atoms with van der Waals surface area (Å²) in [5.41, 5.74) is 0. The number of carbonyl (C=O) groups excluding carboxylic acids is 1. The van der Waals surface area contributed by atoms with Gasteiger partial charge in [0.2, 0.25) is 5.91 Å². The highest BCUT2D eigenvalue weighted by Crippen LogP contribution is 2.43. The first-order valence-electron chi connectivity index (χ1n) is 30.2. The van der Waals surface area contributed by atoms with Gasteiger partial charge in [-0.2, -0.15) is 0 Å². The summed E-state index contributed by atoms with van der Waals surface area (Å²) >= 11 is 0. The molecule has 3 N–H and O–H groups in total. The Morgan fingerprint density at radius 1 is 0.479 bits per heavy atom. The van der Waals surface area contributed by atoms with Crippen molar-refractivity contribution in [3.05, 3.63) is 60.8 Å². The van der Waals surface area contributed by atoms with Gasteiger partial charge in [0.1, 0.15) is 13.2 Å². The number of likely N-dealkylation sites (N-methyl/N-ethyl adjacent to an activating group) is 1. The Morgan fingerprint density at radius 3 is 1.23 bits per heavy atom. The summed E-state index contributed by atoms with van der Waals surface area (Å²) in [5.74, 6) is -0.185. The van der Waals surface area contributed by atoms with E-state index in [-0.39, 0.29) is 19.1 Å². The first kappa shape index (κ1) is 69.2. The smallest absolute Gasteiger partial charge is 0.387 e. The molecule has 3 unspecified atom stereocenters. The van der Waals surface area contributed by atoms with E-state index in [1.165, 1.54) is 205 Å². The third-order valence-electron chi connectivity index (χ3n) is 13.5. The maximum Gasteiger partial charge on any atom is 0.472 e. The number of rotatable bonds is 55. The average molecular weight is 1020 g/mol. The van der Waals surface area contributed by atoms with Gasteiger partial charge in [0.25, 0.3) is 0 Å². The van der Waals surface area contributed by atoms with Crippen LogP contribution in [0.25, 0.3) is 0 Å². The Bertz CT molecular complexity index is 1340. The van der Waals surface area contributed by atoms with E-state index in [4.69, 9.17) is 9.05 Å². The maximum absolute atomic E-state index is 12.9. The average Bonchev–Trinajstić information content (AvgIpc) is 3.33. The number of phosphoric ester groups is 1. The number of amides is 1. The molecule has 416 valence electrons. The second-order valence-corrected chi connectivity index (χ2v) is 23.2. The fraction of sp³-hybridized carbons (Fsp3) is 0.823. The van der Waals surface area contributed by atoms with E-state index in [1.54, 1.807) is 6.08 Å². The topological polar surface area (TPSA) is 105 Å². The van der Waals surface area contributed by atoms with Gasteiger partial charge in [0, 0.05) is 6.42 Å². The number of nitrogens with zero attached hydrogens (tertiary/aromatic N) is 1. The molecule has 1 amide bonds. The number of aliphatic hydroxyl groups excluding tert-OH is 1. The first-order valence-corrected chi connectivity index (χ1v) is 31.7. The van der Waals surface area contributed by atoms with Gasteiger partial charge in [-0.05, 0) is 70.6 Å². The minimum Gasteiger partial charge on any atom is -0.387 e. The quantitative estimate of drug-likeness (QED) is 0.0243. The van der Waals surface area contributed by atoms with Crippen LogP contribution in [0.2, 0.25) is 0 Å². The molecule has 0 aliphatic heterocycles. The van der Waals surface area contributed by atoms with Gasteiger partial charge in [-0.3, -0.25) is 13.8 Å². The normalized spacial score (nSPS) is 14.3. The van der Waals surface area contributed by atoms with E-state index in [2.05, 4.69) is 67.8 Å². The molecule has 0 rings (SSSR count). The highest BCUT2D eigenvalue weighted by molar-refractivity contribution is 7.47.